The summed E-state index contributed by atoms with van der Waals surface area (Å²) in [5, 5.41) is 7.69. The van der Waals surface area contributed by atoms with E-state index in [9.17, 15) is 4.79 Å². The maximum Gasteiger partial charge on any atom is 0.242 e. The molecular formula is C16H17Cl2N5O2. The van der Waals surface area contributed by atoms with Crippen molar-refractivity contribution >= 4 is 35.1 Å². The molecule has 7 nitrogen and oxygen atoms in total. The molecular weight excluding hydrogens is 365 g/mol. The van der Waals surface area contributed by atoms with Gasteiger partial charge in [-0.05, 0) is 18.6 Å². The highest BCUT2D eigenvalue weighted by atomic mass is 35.5. The molecule has 2 saturated heterocycles. The molecule has 1 aromatic carbocycles. The number of nitrogens with zero attached hydrogens (tertiary/aromatic N) is 4. The second-order valence-electron chi connectivity index (χ2n) is 6.30. The third-order valence-corrected chi connectivity index (χ3v) is 5.73. The highest BCUT2D eigenvalue weighted by Gasteiger charge is 2.42. The van der Waals surface area contributed by atoms with Crippen LogP contribution in [0.4, 0.5) is 5.95 Å². The van der Waals surface area contributed by atoms with E-state index in [2.05, 4.69) is 15.2 Å². The molecule has 132 valence electrons. The number of carbonyl (C=O) groups is 1. The number of rotatable bonds is 3. The number of methoxy groups -OCH3 is 1. The van der Waals surface area contributed by atoms with Crippen molar-refractivity contribution in [3.05, 3.63) is 34.1 Å². The van der Waals surface area contributed by atoms with Crippen molar-refractivity contribution in [1.29, 1.82) is 0 Å². The van der Waals surface area contributed by atoms with Gasteiger partial charge in [0, 0.05) is 24.6 Å². The number of benzene rings is 1. The minimum Gasteiger partial charge on any atom is -0.496 e. The molecule has 9 heteroatoms. The Morgan fingerprint density at radius 2 is 2.16 bits per heavy atom. The Hall–Kier alpha value is -1.99. The smallest absolute Gasteiger partial charge is 0.242 e. The lowest BCUT2D eigenvalue weighted by Crippen LogP contribution is -2.54. The van der Waals surface area contributed by atoms with Gasteiger partial charge in [0.15, 0.2) is 0 Å². The van der Waals surface area contributed by atoms with Crippen LogP contribution in [0, 0.1) is 0 Å². The molecule has 25 heavy (non-hydrogen) atoms. The normalized spacial score (nSPS) is 23.1. The maximum atomic E-state index is 12.6. The average molecular weight is 382 g/mol. The van der Waals surface area contributed by atoms with Gasteiger partial charge >= 0.3 is 0 Å². The van der Waals surface area contributed by atoms with Crippen molar-refractivity contribution < 1.29 is 9.53 Å². The van der Waals surface area contributed by atoms with E-state index in [0.29, 0.717) is 41.4 Å². The molecule has 4 rings (SSSR count). The molecule has 0 unspecified atom stereocenters. The topological polar surface area (TPSA) is 74.3 Å². The number of carbonyl (C=O) groups excluding carboxylic acids is 1. The number of nitrogens with one attached hydrogen (secondary N) is 1. The van der Waals surface area contributed by atoms with Crippen molar-refractivity contribution in [2.45, 2.75) is 18.4 Å². The van der Waals surface area contributed by atoms with Crippen LogP contribution < -0.4 is 9.64 Å². The van der Waals surface area contributed by atoms with Crippen LogP contribution in [0.1, 0.15) is 17.9 Å². The summed E-state index contributed by atoms with van der Waals surface area (Å²) in [7, 11) is 1.61. The van der Waals surface area contributed by atoms with E-state index in [1.807, 2.05) is 15.9 Å². The van der Waals surface area contributed by atoms with Crippen molar-refractivity contribution in [3.63, 3.8) is 0 Å². The minimum atomic E-state index is 0.0762. The molecule has 2 fully saturated rings. The number of aromatic nitrogens is 3. The fourth-order valence-corrected chi connectivity index (χ4v) is 4.27. The van der Waals surface area contributed by atoms with Crippen LogP contribution in [0.3, 0.4) is 0 Å². The van der Waals surface area contributed by atoms with Gasteiger partial charge in [-0.1, -0.05) is 23.2 Å². The predicted octanol–water partition coefficient (Wildman–Crippen LogP) is 2.32. The lowest BCUT2D eigenvalue weighted by Gasteiger charge is -2.36. The van der Waals surface area contributed by atoms with E-state index in [1.54, 1.807) is 13.2 Å². The fraction of sp³-hybridized carbons (Fsp3) is 0.438. The third-order valence-electron chi connectivity index (χ3n) is 4.91. The summed E-state index contributed by atoms with van der Waals surface area (Å²) in [5.41, 5.74) is 0.880. The van der Waals surface area contributed by atoms with Crippen LogP contribution in [0.2, 0.25) is 10.0 Å². The maximum absolute atomic E-state index is 12.6. The Kier molecular flexibility index (Phi) is 4.21. The van der Waals surface area contributed by atoms with E-state index < -0.39 is 0 Å². The summed E-state index contributed by atoms with van der Waals surface area (Å²) in [6, 6.07) is 3.64. The van der Waals surface area contributed by atoms with Gasteiger partial charge in [-0.15, -0.1) is 0 Å². The zero-order valence-corrected chi connectivity index (χ0v) is 15.1. The van der Waals surface area contributed by atoms with Gasteiger partial charge in [-0.25, -0.2) is 5.10 Å². The SMILES string of the molecule is COc1ccc(Cl)c(Cl)c1[C@H]1C[C@H]2CN(c3ncn[nH]3)CC(=O)N2C1. The standard InChI is InChI=1S/C16H17Cl2N5O2/c1-25-12-3-2-11(17)15(18)14(12)9-4-10-6-22(16-19-8-20-21-16)7-13(24)23(10)5-9/h2-3,8-10H,4-7H2,1H3,(H,19,20,21)/t9-,10-/m0/s1. The average Bonchev–Trinajstić information content (AvgIpc) is 3.26. The molecule has 0 radical (unpaired) electrons. The predicted molar refractivity (Wildman–Crippen MR) is 94.5 cm³/mol. The number of ether oxygens (including phenoxy) is 1. The number of H-pyrrole nitrogens is 1. The molecule has 2 aliphatic rings. The summed E-state index contributed by atoms with van der Waals surface area (Å²) in [6.45, 7) is 1.61. The van der Waals surface area contributed by atoms with Gasteiger partial charge in [0.1, 0.15) is 12.1 Å². The summed E-state index contributed by atoms with van der Waals surface area (Å²) < 4.78 is 5.47. The van der Waals surface area contributed by atoms with Crippen molar-refractivity contribution in [3.8, 4) is 5.75 Å². The number of piperazine rings is 1. The van der Waals surface area contributed by atoms with Crippen molar-refractivity contribution in [2.75, 3.05) is 31.6 Å². The van der Waals surface area contributed by atoms with Gasteiger partial charge in [-0.3, -0.25) is 4.79 Å². The molecule has 2 aromatic rings. The monoisotopic (exact) mass is 381 g/mol. The zero-order chi connectivity index (χ0) is 17.6. The molecule has 0 aliphatic carbocycles. The van der Waals surface area contributed by atoms with Gasteiger partial charge in [0.2, 0.25) is 11.9 Å². The van der Waals surface area contributed by atoms with Crippen LogP contribution in [-0.4, -0.2) is 58.8 Å². The Labute approximate surface area is 154 Å². The van der Waals surface area contributed by atoms with E-state index in [0.717, 1.165) is 12.0 Å². The van der Waals surface area contributed by atoms with E-state index >= 15 is 0 Å². The number of fused-ring (bicyclic) bond motifs is 1. The van der Waals surface area contributed by atoms with Crippen molar-refractivity contribution in [2.24, 2.45) is 0 Å². The van der Waals surface area contributed by atoms with Crippen LogP contribution in [-0.2, 0) is 4.79 Å². The largest absolute Gasteiger partial charge is 0.496 e. The number of aromatic amines is 1. The van der Waals surface area contributed by atoms with Gasteiger partial charge in [-0.2, -0.15) is 10.1 Å². The van der Waals surface area contributed by atoms with Crippen molar-refractivity contribution in [1.82, 2.24) is 20.1 Å². The first-order valence-corrected chi connectivity index (χ1v) is 8.75. The van der Waals surface area contributed by atoms with Crippen LogP contribution in [0.15, 0.2) is 18.5 Å². The lowest BCUT2D eigenvalue weighted by atomic mass is 9.95. The fourth-order valence-electron chi connectivity index (χ4n) is 3.80. The first kappa shape index (κ1) is 16.5. The molecule has 1 aromatic heterocycles. The first-order chi connectivity index (χ1) is 12.1. The molecule has 0 bridgehead atoms. The van der Waals surface area contributed by atoms with E-state index in [1.165, 1.54) is 6.33 Å². The van der Waals surface area contributed by atoms with Crippen LogP contribution in [0.25, 0.3) is 0 Å². The van der Waals surface area contributed by atoms with Gasteiger partial charge < -0.3 is 14.5 Å². The molecule has 2 atom stereocenters. The summed E-state index contributed by atoms with van der Waals surface area (Å²) in [6.07, 6.45) is 2.24. The Morgan fingerprint density at radius 3 is 2.88 bits per heavy atom. The number of hydrogen-bond acceptors (Lipinski definition) is 5. The lowest BCUT2D eigenvalue weighted by molar-refractivity contribution is -0.132. The molecule has 1 N–H and O–H groups in total. The Balaban J connectivity index is 1.61. The zero-order valence-electron chi connectivity index (χ0n) is 13.6. The number of halogens is 2. The number of hydrogen-bond donors (Lipinski definition) is 1. The summed E-state index contributed by atoms with van der Waals surface area (Å²) >= 11 is 12.6. The third kappa shape index (κ3) is 2.81. The number of anilines is 1. The second-order valence-corrected chi connectivity index (χ2v) is 7.08. The second kappa shape index (κ2) is 6.38. The molecule has 0 spiro atoms. The summed E-state index contributed by atoms with van der Waals surface area (Å²) in [4.78, 5) is 20.6. The summed E-state index contributed by atoms with van der Waals surface area (Å²) in [5.74, 6) is 1.49. The minimum absolute atomic E-state index is 0.0762. The van der Waals surface area contributed by atoms with E-state index in [-0.39, 0.29) is 17.9 Å². The first-order valence-electron chi connectivity index (χ1n) is 8.00. The van der Waals surface area contributed by atoms with Crippen LogP contribution in [0.5, 0.6) is 5.75 Å². The molecule has 0 saturated carbocycles. The Morgan fingerprint density at radius 1 is 1.32 bits per heavy atom. The number of amides is 1. The molecule has 3 heterocycles. The van der Waals surface area contributed by atoms with Gasteiger partial charge in [0.05, 0.1) is 29.7 Å². The molecule has 1 amide bonds. The van der Waals surface area contributed by atoms with E-state index in [4.69, 9.17) is 27.9 Å². The van der Waals surface area contributed by atoms with Crippen LogP contribution >= 0.6 is 23.2 Å². The quantitative estimate of drug-likeness (QED) is 0.882. The van der Waals surface area contributed by atoms with Gasteiger partial charge in [0.25, 0.3) is 0 Å². The molecule has 2 aliphatic heterocycles. The highest BCUT2D eigenvalue weighted by molar-refractivity contribution is 6.42. The highest BCUT2D eigenvalue weighted by Crippen LogP contribution is 2.44. The Bertz CT molecular complexity index is 798.